The predicted octanol–water partition coefficient (Wildman–Crippen LogP) is 1.56. The van der Waals surface area contributed by atoms with E-state index in [4.69, 9.17) is 4.52 Å². The maximum atomic E-state index is 12.0. The summed E-state index contributed by atoms with van der Waals surface area (Å²) in [6.45, 7) is 8.58. The first kappa shape index (κ1) is 14.3. The Hall–Kier alpha value is -1.69. The molecule has 1 aromatic rings. The lowest BCUT2D eigenvalue weighted by Crippen LogP contribution is -2.40. The summed E-state index contributed by atoms with van der Waals surface area (Å²) in [6, 6.07) is 0.227. The summed E-state index contributed by atoms with van der Waals surface area (Å²) in [7, 11) is 0. The van der Waals surface area contributed by atoms with Crippen LogP contribution in [-0.4, -0.2) is 51.5 Å². The normalized spacial score (nSPS) is 22.4. The Morgan fingerprint density at radius 1 is 1.52 bits per heavy atom. The molecule has 0 bridgehead atoms. The molecule has 2 aliphatic rings. The fraction of sp³-hybridized carbons (Fsp3) is 0.667. The smallest absolute Gasteiger partial charge is 0.229 e. The molecule has 1 aromatic heterocycles. The van der Waals surface area contributed by atoms with Gasteiger partial charge in [-0.1, -0.05) is 11.2 Å². The van der Waals surface area contributed by atoms with E-state index in [0.717, 1.165) is 44.8 Å². The number of amides is 1. The molecule has 0 N–H and O–H groups in total. The number of hydrogen-bond acceptors (Lipinski definition) is 5. The molecule has 0 radical (unpaired) electrons. The van der Waals surface area contributed by atoms with Gasteiger partial charge in [-0.05, 0) is 19.3 Å². The highest BCUT2D eigenvalue weighted by Crippen LogP contribution is 2.38. The Morgan fingerprint density at radius 3 is 3.00 bits per heavy atom. The molecule has 3 rings (SSSR count). The lowest BCUT2D eigenvalue weighted by atomic mass is 10.2. The molecule has 1 saturated carbocycles. The zero-order valence-corrected chi connectivity index (χ0v) is 12.5. The standard InChI is InChI=1S/C15H22N4O2/c1-3-7-18-8-6-13(9-18)19(11(2)20)10-14-16-15(21-17-14)12-4-5-12/h3,12-13H,1,4-10H2,2H3/t13-/m0/s1. The number of rotatable bonds is 6. The molecule has 21 heavy (non-hydrogen) atoms. The maximum absolute atomic E-state index is 12.0. The number of aromatic nitrogens is 2. The van der Waals surface area contributed by atoms with Crippen molar-refractivity contribution in [2.45, 2.75) is 44.7 Å². The van der Waals surface area contributed by atoms with E-state index in [1.807, 2.05) is 11.0 Å². The zero-order valence-electron chi connectivity index (χ0n) is 12.5. The van der Waals surface area contributed by atoms with Crippen molar-refractivity contribution in [3.05, 3.63) is 24.4 Å². The van der Waals surface area contributed by atoms with Crippen LogP contribution >= 0.6 is 0 Å². The minimum atomic E-state index is 0.0678. The van der Waals surface area contributed by atoms with E-state index < -0.39 is 0 Å². The van der Waals surface area contributed by atoms with Gasteiger partial charge in [0.15, 0.2) is 5.82 Å². The highest BCUT2D eigenvalue weighted by Gasteiger charge is 2.32. The topological polar surface area (TPSA) is 62.5 Å². The van der Waals surface area contributed by atoms with Crippen LogP contribution in [0.1, 0.15) is 43.8 Å². The minimum Gasteiger partial charge on any atom is -0.339 e. The third kappa shape index (κ3) is 3.32. The molecule has 6 nitrogen and oxygen atoms in total. The Kier molecular flexibility index (Phi) is 4.05. The largest absolute Gasteiger partial charge is 0.339 e. The van der Waals surface area contributed by atoms with Gasteiger partial charge in [-0.3, -0.25) is 9.69 Å². The van der Waals surface area contributed by atoms with E-state index in [1.54, 1.807) is 6.92 Å². The number of carbonyl (C=O) groups is 1. The highest BCUT2D eigenvalue weighted by molar-refractivity contribution is 5.73. The van der Waals surface area contributed by atoms with Crippen LogP contribution in [0.5, 0.6) is 0 Å². The predicted molar refractivity (Wildman–Crippen MR) is 77.5 cm³/mol. The van der Waals surface area contributed by atoms with Gasteiger partial charge >= 0.3 is 0 Å². The van der Waals surface area contributed by atoms with Gasteiger partial charge in [0.25, 0.3) is 0 Å². The van der Waals surface area contributed by atoms with Crippen LogP contribution in [-0.2, 0) is 11.3 Å². The average molecular weight is 290 g/mol. The summed E-state index contributed by atoms with van der Waals surface area (Å²) in [5.74, 6) is 1.87. The highest BCUT2D eigenvalue weighted by atomic mass is 16.5. The van der Waals surface area contributed by atoms with Crippen molar-refractivity contribution < 1.29 is 9.32 Å². The molecule has 114 valence electrons. The van der Waals surface area contributed by atoms with E-state index in [2.05, 4.69) is 21.6 Å². The summed E-state index contributed by atoms with van der Waals surface area (Å²) < 4.78 is 5.27. The number of carbonyl (C=O) groups excluding carboxylic acids is 1. The molecule has 0 spiro atoms. The number of hydrogen-bond donors (Lipinski definition) is 0. The fourth-order valence-corrected chi connectivity index (χ4v) is 2.89. The van der Waals surface area contributed by atoms with Crippen molar-refractivity contribution in [1.82, 2.24) is 19.9 Å². The van der Waals surface area contributed by atoms with E-state index in [0.29, 0.717) is 18.3 Å². The first-order chi connectivity index (χ1) is 10.2. The van der Waals surface area contributed by atoms with Crippen LogP contribution in [0.15, 0.2) is 17.2 Å². The molecular formula is C15H22N4O2. The van der Waals surface area contributed by atoms with Crippen LogP contribution in [0.4, 0.5) is 0 Å². The Bertz CT molecular complexity index is 523. The van der Waals surface area contributed by atoms with Gasteiger partial charge in [0, 0.05) is 38.5 Å². The van der Waals surface area contributed by atoms with Crippen LogP contribution in [0.3, 0.4) is 0 Å². The molecule has 0 unspecified atom stereocenters. The summed E-state index contributed by atoms with van der Waals surface area (Å²) in [5, 5.41) is 4.02. The van der Waals surface area contributed by atoms with Gasteiger partial charge in [-0.15, -0.1) is 6.58 Å². The second-order valence-corrected chi connectivity index (χ2v) is 5.96. The van der Waals surface area contributed by atoms with Gasteiger partial charge < -0.3 is 9.42 Å². The fourth-order valence-electron chi connectivity index (χ4n) is 2.89. The van der Waals surface area contributed by atoms with Crippen molar-refractivity contribution >= 4 is 5.91 Å². The molecule has 1 saturated heterocycles. The summed E-state index contributed by atoms with van der Waals surface area (Å²) >= 11 is 0. The first-order valence-corrected chi connectivity index (χ1v) is 7.60. The molecule has 1 atom stereocenters. The summed E-state index contributed by atoms with van der Waals surface area (Å²) in [5.41, 5.74) is 0. The SMILES string of the molecule is C=CCN1CC[C@H](N(Cc2noc(C3CC3)n2)C(C)=O)C1. The van der Waals surface area contributed by atoms with Crippen molar-refractivity contribution in [2.24, 2.45) is 0 Å². The Labute approximate surface area is 124 Å². The van der Waals surface area contributed by atoms with E-state index in [-0.39, 0.29) is 11.9 Å². The van der Waals surface area contributed by atoms with E-state index in [1.165, 1.54) is 0 Å². The zero-order chi connectivity index (χ0) is 14.8. The lowest BCUT2D eigenvalue weighted by Gasteiger charge is -2.26. The van der Waals surface area contributed by atoms with Gasteiger partial charge in [-0.25, -0.2) is 0 Å². The molecule has 2 heterocycles. The molecule has 1 amide bonds. The van der Waals surface area contributed by atoms with Gasteiger partial charge in [0.1, 0.15) is 0 Å². The Balaban J connectivity index is 1.63. The monoisotopic (exact) mass is 290 g/mol. The van der Waals surface area contributed by atoms with Crippen LogP contribution in [0.2, 0.25) is 0 Å². The second-order valence-electron chi connectivity index (χ2n) is 5.96. The summed E-state index contributed by atoms with van der Waals surface area (Å²) in [4.78, 5) is 20.5. The maximum Gasteiger partial charge on any atom is 0.229 e. The molecule has 6 heteroatoms. The molecular weight excluding hydrogens is 268 g/mol. The van der Waals surface area contributed by atoms with Crippen molar-refractivity contribution in [2.75, 3.05) is 19.6 Å². The van der Waals surface area contributed by atoms with Crippen molar-refractivity contribution in [3.8, 4) is 0 Å². The van der Waals surface area contributed by atoms with E-state index >= 15 is 0 Å². The number of nitrogens with zero attached hydrogens (tertiary/aromatic N) is 4. The van der Waals surface area contributed by atoms with Crippen molar-refractivity contribution in [3.63, 3.8) is 0 Å². The number of likely N-dealkylation sites (tertiary alicyclic amines) is 1. The second kappa shape index (κ2) is 5.97. The van der Waals surface area contributed by atoms with Gasteiger partial charge in [0.2, 0.25) is 11.8 Å². The van der Waals surface area contributed by atoms with Gasteiger partial charge in [0.05, 0.1) is 6.54 Å². The Morgan fingerprint density at radius 2 is 2.33 bits per heavy atom. The third-order valence-corrected chi connectivity index (χ3v) is 4.20. The summed E-state index contributed by atoms with van der Waals surface area (Å²) in [6.07, 6.45) is 5.16. The first-order valence-electron chi connectivity index (χ1n) is 7.60. The van der Waals surface area contributed by atoms with Crippen LogP contribution in [0, 0.1) is 0 Å². The van der Waals surface area contributed by atoms with Gasteiger partial charge in [-0.2, -0.15) is 4.98 Å². The minimum absolute atomic E-state index is 0.0678. The average Bonchev–Trinajstić information content (AvgIpc) is 3.02. The van der Waals surface area contributed by atoms with Crippen molar-refractivity contribution in [1.29, 1.82) is 0 Å². The molecule has 0 aromatic carbocycles. The third-order valence-electron chi connectivity index (χ3n) is 4.20. The molecule has 1 aliphatic heterocycles. The lowest BCUT2D eigenvalue weighted by molar-refractivity contribution is -0.131. The molecule has 1 aliphatic carbocycles. The quantitative estimate of drug-likeness (QED) is 0.744. The molecule has 2 fully saturated rings. The van der Waals surface area contributed by atoms with Crippen LogP contribution < -0.4 is 0 Å². The van der Waals surface area contributed by atoms with Crippen LogP contribution in [0.25, 0.3) is 0 Å². The van der Waals surface area contributed by atoms with E-state index in [9.17, 15) is 4.79 Å².